The molecule has 0 radical (unpaired) electrons. The van der Waals surface area contributed by atoms with E-state index in [1.807, 2.05) is 84.9 Å². The van der Waals surface area contributed by atoms with Crippen LogP contribution in [-0.2, 0) is 0 Å². The first-order valence-electron chi connectivity index (χ1n) is 7.32. The zero-order valence-corrected chi connectivity index (χ0v) is 12.1. The maximum atomic E-state index is 10.7. The molecule has 0 amide bonds. The third-order valence-electron chi connectivity index (χ3n) is 3.82. The molecule has 3 aromatic carbocycles. The van der Waals surface area contributed by atoms with Gasteiger partial charge in [-0.3, -0.25) is 0 Å². The van der Waals surface area contributed by atoms with Gasteiger partial charge in [-0.05, 0) is 22.3 Å². The van der Waals surface area contributed by atoms with Crippen LogP contribution in [0.5, 0.6) is 0 Å². The maximum absolute atomic E-state index is 10.7. The molecule has 2 N–H and O–H groups in total. The lowest BCUT2D eigenvalue weighted by atomic mass is 9.91. The van der Waals surface area contributed by atoms with Crippen molar-refractivity contribution in [3.63, 3.8) is 0 Å². The predicted molar refractivity (Wildman–Crippen MR) is 87.4 cm³/mol. The normalized spacial score (nSPS) is 13.5. The van der Waals surface area contributed by atoms with Gasteiger partial charge in [0, 0.05) is 0 Å². The fraction of sp³-hybridized carbons (Fsp3) is 0.100. The summed E-state index contributed by atoms with van der Waals surface area (Å²) < 4.78 is 0. The molecule has 3 rings (SSSR count). The van der Waals surface area contributed by atoms with E-state index in [1.54, 1.807) is 0 Å². The van der Waals surface area contributed by atoms with Crippen LogP contribution in [0.4, 0.5) is 0 Å². The van der Waals surface area contributed by atoms with E-state index in [0.29, 0.717) is 0 Å². The summed E-state index contributed by atoms with van der Waals surface area (Å²) in [6.45, 7) is 0. The van der Waals surface area contributed by atoms with Crippen molar-refractivity contribution >= 4 is 0 Å². The summed E-state index contributed by atoms with van der Waals surface area (Å²) in [5, 5.41) is 21.3. The monoisotopic (exact) mass is 290 g/mol. The van der Waals surface area contributed by atoms with Gasteiger partial charge in [-0.15, -0.1) is 0 Å². The molecule has 22 heavy (non-hydrogen) atoms. The van der Waals surface area contributed by atoms with Gasteiger partial charge in [0.2, 0.25) is 0 Å². The summed E-state index contributed by atoms with van der Waals surface area (Å²) in [7, 11) is 0. The molecule has 0 aromatic heterocycles. The van der Waals surface area contributed by atoms with Crippen molar-refractivity contribution in [2.45, 2.75) is 12.2 Å². The number of benzene rings is 3. The van der Waals surface area contributed by atoms with Crippen LogP contribution in [0.15, 0.2) is 84.9 Å². The van der Waals surface area contributed by atoms with Crippen molar-refractivity contribution in [1.82, 2.24) is 0 Å². The van der Waals surface area contributed by atoms with Gasteiger partial charge in [-0.1, -0.05) is 84.9 Å². The quantitative estimate of drug-likeness (QED) is 0.766. The van der Waals surface area contributed by atoms with E-state index in [9.17, 15) is 10.2 Å². The van der Waals surface area contributed by atoms with Gasteiger partial charge in [0.15, 0.2) is 0 Å². The van der Waals surface area contributed by atoms with E-state index in [1.165, 1.54) is 0 Å². The minimum Gasteiger partial charge on any atom is -0.384 e. The SMILES string of the molecule is O[C@H](c1ccccc1)c1ccccc1[C@@H](O)c1ccccc1. The molecule has 2 nitrogen and oxygen atoms in total. The van der Waals surface area contributed by atoms with E-state index >= 15 is 0 Å². The van der Waals surface area contributed by atoms with Crippen LogP contribution < -0.4 is 0 Å². The zero-order chi connectivity index (χ0) is 15.4. The summed E-state index contributed by atoms with van der Waals surface area (Å²) in [5.74, 6) is 0. The Kier molecular flexibility index (Phi) is 4.33. The smallest absolute Gasteiger partial charge is 0.104 e. The van der Waals surface area contributed by atoms with Gasteiger partial charge in [-0.25, -0.2) is 0 Å². The van der Waals surface area contributed by atoms with Gasteiger partial charge >= 0.3 is 0 Å². The molecule has 0 aliphatic rings. The molecule has 0 aliphatic heterocycles. The van der Waals surface area contributed by atoms with Crippen LogP contribution in [0.25, 0.3) is 0 Å². The Balaban J connectivity index is 2.00. The molecule has 0 heterocycles. The van der Waals surface area contributed by atoms with Crippen LogP contribution in [-0.4, -0.2) is 10.2 Å². The third-order valence-corrected chi connectivity index (χ3v) is 3.82. The number of aliphatic hydroxyl groups excluding tert-OH is 2. The second kappa shape index (κ2) is 6.56. The van der Waals surface area contributed by atoms with Crippen molar-refractivity contribution < 1.29 is 10.2 Å². The van der Waals surface area contributed by atoms with Crippen LogP contribution >= 0.6 is 0 Å². The summed E-state index contributed by atoms with van der Waals surface area (Å²) in [6, 6.07) is 26.4. The van der Waals surface area contributed by atoms with Crippen molar-refractivity contribution in [3.8, 4) is 0 Å². The largest absolute Gasteiger partial charge is 0.384 e. The molecular weight excluding hydrogens is 272 g/mol. The minimum absolute atomic E-state index is 0.727. The lowest BCUT2D eigenvalue weighted by Crippen LogP contribution is -2.08. The Hall–Kier alpha value is -2.42. The molecule has 3 aromatic rings. The van der Waals surface area contributed by atoms with E-state index < -0.39 is 12.2 Å². The highest BCUT2D eigenvalue weighted by atomic mass is 16.3. The molecule has 2 atom stereocenters. The van der Waals surface area contributed by atoms with Crippen LogP contribution in [0.1, 0.15) is 34.5 Å². The van der Waals surface area contributed by atoms with Crippen molar-refractivity contribution in [2.24, 2.45) is 0 Å². The molecule has 0 bridgehead atoms. The Labute approximate surface area is 130 Å². The molecule has 2 heteroatoms. The number of aliphatic hydroxyl groups is 2. The van der Waals surface area contributed by atoms with Gasteiger partial charge in [0.05, 0.1) is 0 Å². The van der Waals surface area contributed by atoms with E-state index in [0.717, 1.165) is 22.3 Å². The molecule has 0 saturated carbocycles. The number of hydrogen-bond acceptors (Lipinski definition) is 2. The fourth-order valence-corrected chi connectivity index (χ4v) is 2.64. The van der Waals surface area contributed by atoms with E-state index in [4.69, 9.17) is 0 Å². The summed E-state index contributed by atoms with van der Waals surface area (Å²) in [4.78, 5) is 0. The lowest BCUT2D eigenvalue weighted by Gasteiger charge is -2.20. The zero-order valence-electron chi connectivity index (χ0n) is 12.1. The van der Waals surface area contributed by atoms with Crippen molar-refractivity contribution in [1.29, 1.82) is 0 Å². The Morgan fingerprint density at radius 2 is 0.773 bits per heavy atom. The molecule has 0 unspecified atom stereocenters. The number of hydrogen-bond donors (Lipinski definition) is 2. The van der Waals surface area contributed by atoms with E-state index in [-0.39, 0.29) is 0 Å². The first-order valence-corrected chi connectivity index (χ1v) is 7.32. The number of rotatable bonds is 4. The molecule has 0 spiro atoms. The average molecular weight is 290 g/mol. The highest BCUT2D eigenvalue weighted by Crippen LogP contribution is 2.31. The Morgan fingerprint density at radius 3 is 1.14 bits per heavy atom. The van der Waals surface area contributed by atoms with Gasteiger partial charge in [0.1, 0.15) is 12.2 Å². The molecule has 0 fully saturated rings. The fourth-order valence-electron chi connectivity index (χ4n) is 2.64. The Bertz CT molecular complexity index is 658. The first-order chi connectivity index (χ1) is 10.8. The predicted octanol–water partition coefficient (Wildman–Crippen LogP) is 3.85. The Morgan fingerprint density at radius 1 is 0.455 bits per heavy atom. The van der Waals surface area contributed by atoms with Crippen molar-refractivity contribution in [3.05, 3.63) is 107 Å². The topological polar surface area (TPSA) is 40.5 Å². The van der Waals surface area contributed by atoms with Gasteiger partial charge in [-0.2, -0.15) is 0 Å². The highest BCUT2D eigenvalue weighted by Gasteiger charge is 2.19. The highest BCUT2D eigenvalue weighted by molar-refractivity contribution is 5.40. The summed E-state index contributed by atoms with van der Waals surface area (Å²) >= 11 is 0. The first kappa shape index (κ1) is 14.5. The molecule has 110 valence electrons. The lowest BCUT2D eigenvalue weighted by molar-refractivity contribution is 0.197. The average Bonchev–Trinajstić information content (AvgIpc) is 2.62. The molecule has 0 saturated heterocycles. The standard InChI is InChI=1S/C20H18O2/c21-19(15-9-3-1-4-10-15)17-13-7-8-14-18(17)20(22)16-11-5-2-6-12-16/h1-14,19-22H/t19-,20+. The summed E-state index contributed by atoms with van der Waals surface area (Å²) in [5.41, 5.74) is 3.08. The second-order valence-electron chi connectivity index (χ2n) is 5.26. The van der Waals surface area contributed by atoms with Gasteiger partial charge < -0.3 is 10.2 Å². The second-order valence-corrected chi connectivity index (χ2v) is 5.26. The van der Waals surface area contributed by atoms with Crippen LogP contribution in [0, 0.1) is 0 Å². The minimum atomic E-state index is -0.754. The van der Waals surface area contributed by atoms with Crippen LogP contribution in [0.2, 0.25) is 0 Å². The van der Waals surface area contributed by atoms with Crippen molar-refractivity contribution in [2.75, 3.05) is 0 Å². The van der Waals surface area contributed by atoms with Crippen LogP contribution in [0.3, 0.4) is 0 Å². The summed E-state index contributed by atoms with van der Waals surface area (Å²) in [6.07, 6.45) is -1.51. The third kappa shape index (κ3) is 2.93. The molecular formula is C20H18O2. The molecule has 0 aliphatic carbocycles. The van der Waals surface area contributed by atoms with E-state index in [2.05, 4.69) is 0 Å². The maximum Gasteiger partial charge on any atom is 0.104 e. The van der Waals surface area contributed by atoms with Gasteiger partial charge in [0.25, 0.3) is 0 Å².